The normalized spacial score (nSPS) is 16.7. The number of hydrogen-bond acceptors (Lipinski definition) is 8. The lowest BCUT2D eigenvalue weighted by Gasteiger charge is -2.30. The van der Waals surface area contributed by atoms with Crippen molar-refractivity contribution in [2.45, 2.75) is 70.5 Å². The highest BCUT2D eigenvalue weighted by molar-refractivity contribution is 5.87. The van der Waals surface area contributed by atoms with Crippen LogP contribution >= 0.6 is 0 Å². The average molecular weight is 730 g/mol. The minimum atomic E-state index is -5.06. The molecule has 3 heterocycles. The van der Waals surface area contributed by atoms with Crippen LogP contribution in [0.3, 0.4) is 0 Å². The smallest absolute Gasteiger partial charge is 0.425 e. The zero-order valence-corrected chi connectivity index (χ0v) is 28.2. The van der Waals surface area contributed by atoms with E-state index in [4.69, 9.17) is 9.47 Å². The fourth-order valence-electron chi connectivity index (χ4n) is 6.33. The zero-order chi connectivity index (χ0) is 37.5. The fourth-order valence-corrected chi connectivity index (χ4v) is 6.33. The summed E-state index contributed by atoms with van der Waals surface area (Å²) in [6, 6.07) is 7.33. The molecule has 2 aromatic carbocycles. The molecule has 1 fully saturated rings. The van der Waals surface area contributed by atoms with Crippen molar-refractivity contribution in [2.24, 2.45) is 5.92 Å². The number of ether oxygens (including phenoxy) is 2. The Morgan fingerprint density at radius 3 is 2.29 bits per heavy atom. The van der Waals surface area contributed by atoms with Gasteiger partial charge < -0.3 is 19.1 Å². The van der Waals surface area contributed by atoms with Crippen LogP contribution in [0.5, 0.6) is 11.5 Å². The molecular weight excluding hydrogens is 696 g/mol. The summed E-state index contributed by atoms with van der Waals surface area (Å²) < 4.78 is 101. The van der Waals surface area contributed by atoms with Gasteiger partial charge in [0, 0.05) is 36.1 Å². The SMILES string of the molecule is COc1ccc(Cn2ncc(O[C@H]3CCC[C@@H](Cn4cc(F)c5cc(-c6ncc(C(C)(C)O)cn6)c(F)c(F)c5c4=O)C3)c(C(F)(F)F)c2=O)cc1. The molecule has 0 aliphatic heterocycles. The summed E-state index contributed by atoms with van der Waals surface area (Å²) in [7, 11) is 1.46. The van der Waals surface area contributed by atoms with Gasteiger partial charge in [-0.15, -0.1) is 0 Å². The minimum absolute atomic E-state index is 0.117. The number of aliphatic hydroxyl groups is 1. The van der Waals surface area contributed by atoms with Crippen LogP contribution in [0, 0.1) is 23.4 Å². The van der Waals surface area contributed by atoms with Crippen molar-refractivity contribution in [2.75, 3.05) is 7.11 Å². The van der Waals surface area contributed by atoms with Crippen LogP contribution < -0.4 is 20.6 Å². The summed E-state index contributed by atoms with van der Waals surface area (Å²) in [6.45, 7) is 2.57. The number of alkyl halides is 3. The molecule has 0 amide bonds. The van der Waals surface area contributed by atoms with E-state index in [1.54, 1.807) is 24.3 Å². The number of halogens is 6. The van der Waals surface area contributed by atoms with Crippen LogP contribution in [0.15, 0.2) is 64.7 Å². The van der Waals surface area contributed by atoms with E-state index in [0.717, 1.165) is 23.0 Å². The Labute approximate surface area is 292 Å². The number of nitrogens with zero attached hydrogens (tertiary/aromatic N) is 5. The van der Waals surface area contributed by atoms with E-state index in [1.165, 1.54) is 33.4 Å². The molecule has 274 valence electrons. The predicted molar refractivity (Wildman–Crippen MR) is 176 cm³/mol. The lowest BCUT2D eigenvalue weighted by Crippen LogP contribution is -2.34. The van der Waals surface area contributed by atoms with E-state index in [2.05, 4.69) is 15.1 Å². The number of fused-ring (bicyclic) bond motifs is 1. The van der Waals surface area contributed by atoms with Crippen molar-refractivity contribution >= 4 is 10.8 Å². The standard InChI is InChI=1S/C36H33F6N5O5/c1-35(2,50)21-13-43-32(44-14-21)25-12-24-26(37)18-46(33(48)28(24)31(39)30(25)38)16-20-5-4-6-23(11-20)52-27-15-45-47(34(49)29(27)36(40,41)42)17-19-7-9-22(51-3)10-8-19/h7-10,12-15,18,20,23,50H,4-6,11,16-17H2,1-3H3/t20-,23+/m1/s1. The molecule has 0 radical (unpaired) electrons. The summed E-state index contributed by atoms with van der Waals surface area (Å²) >= 11 is 0. The summed E-state index contributed by atoms with van der Waals surface area (Å²) in [5, 5.41) is 12.7. The van der Waals surface area contributed by atoms with Crippen LogP contribution in [0.2, 0.25) is 0 Å². The second-order valence-corrected chi connectivity index (χ2v) is 13.2. The average Bonchev–Trinajstić information content (AvgIpc) is 3.09. The Bertz CT molecular complexity index is 2230. The number of benzene rings is 2. The first kappa shape index (κ1) is 36.5. The van der Waals surface area contributed by atoms with Gasteiger partial charge in [0.25, 0.3) is 11.1 Å². The Balaban J connectivity index is 1.23. The molecule has 1 saturated carbocycles. The van der Waals surface area contributed by atoms with E-state index < -0.39 is 80.0 Å². The number of pyridine rings is 1. The van der Waals surface area contributed by atoms with Crippen LogP contribution in [-0.4, -0.2) is 42.6 Å². The lowest BCUT2D eigenvalue weighted by atomic mass is 9.87. The van der Waals surface area contributed by atoms with Gasteiger partial charge in [-0.25, -0.2) is 27.8 Å². The zero-order valence-electron chi connectivity index (χ0n) is 28.2. The molecule has 3 aromatic heterocycles. The molecule has 0 spiro atoms. The van der Waals surface area contributed by atoms with Crippen LogP contribution in [-0.2, 0) is 24.9 Å². The Morgan fingerprint density at radius 2 is 1.65 bits per heavy atom. The molecule has 10 nitrogen and oxygen atoms in total. The molecule has 2 atom stereocenters. The third-order valence-corrected chi connectivity index (χ3v) is 9.07. The van der Waals surface area contributed by atoms with Crippen molar-refractivity contribution in [3.63, 3.8) is 0 Å². The highest BCUT2D eigenvalue weighted by Gasteiger charge is 2.40. The Hall–Kier alpha value is -5.25. The largest absolute Gasteiger partial charge is 0.497 e. The number of hydrogen-bond donors (Lipinski definition) is 1. The first-order valence-corrected chi connectivity index (χ1v) is 16.3. The maximum Gasteiger partial charge on any atom is 0.425 e. The quantitative estimate of drug-likeness (QED) is 0.174. The van der Waals surface area contributed by atoms with Gasteiger partial charge in [0.1, 0.15) is 11.6 Å². The Kier molecular flexibility index (Phi) is 9.87. The molecular formula is C36H33F6N5O5. The molecule has 0 unspecified atom stereocenters. The van der Waals surface area contributed by atoms with Gasteiger partial charge >= 0.3 is 6.18 Å². The first-order valence-electron chi connectivity index (χ1n) is 16.3. The maximum absolute atomic E-state index is 15.5. The Morgan fingerprint density at radius 1 is 0.962 bits per heavy atom. The summed E-state index contributed by atoms with van der Waals surface area (Å²) in [4.78, 5) is 34.4. The highest BCUT2D eigenvalue weighted by atomic mass is 19.4. The number of rotatable bonds is 9. The van der Waals surface area contributed by atoms with Gasteiger partial charge in [-0.05, 0) is 69.2 Å². The van der Waals surface area contributed by atoms with Crippen molar-refractivity contribution < 1.29 is 40.9 Å². The van der Waals surface area contributed by atoms with Gasteiger partial charge in [0.2, 0.25) is 0 Å². The molecule has 6 rings (SSSR count). The lowest BCUT2D eigenvalue weighted by molar-refractivity contribution is -0.141. The molecule has 0 saturated heterocycles. The molecule has 1 N–H and O–H groups in total. The first-order chi connectivity index (χ1) is 24.5. The monoisotopic (exact) mass is 729 g/mol. The molecule has 5 aromatic rings. The van der Waals surface area contributed by atoms with E-state index in [9.17, 15) is 27.9 Å². The molecule has 16 heteroatoms. The van der Waals surface area contributed by atoms with Crippen molar-refractivity contribution in [3.8, 4) is 22.9 Å². The maximum atomic E-state index is 15.5. The molecule has 1 aliphatic rings. The van der Waals surface area contributed by atoms with Gasteiger partial charge in [0.05, 0.1) is 42.5 Å². The van der Waals surface area contributed by atoms with Crippen LogP contribution in [0.1, 0.15) is 56.2 Å². The van der Waals surface area contributed by atoms with E-state index in [0.29, 0.717) is 40.8 Å². The van der Waals surface area contributed by atoms with Gasteiger partial charge in [-0.3, -0.25) is 9.59 Å². The highest BCUT2D eigenvalue weighted by Crippen LogP contribution is 2.36. The second kappa shape index (κ2) is 14.1. The third kappa shape index (κ3) is 7.38. The van der Waals surface area contributed by atoms with Crippen LogP contribution in [0.25, 0.3) is 22.2 Å². The molecule has 1 aliphatic carbocycles. The summed E-state index contributed by atoms with van der Waals surface area (Å²) in [5.41, 5.74) is -4.89. The topological polar surface area (TPSA) is 121 Å². The van der Waals surface area contributed by atoms with E-state index in [1.807, 2.05) is 0 Å². The van der Waals surface area contributed by atoms with E-state index in [-0.39, 0.29) is 25.3 Å². The van der Waals surface area contributed by atoms with Crippen molar-refractivity contribution in [3.05, 3.63) is 110 Å². The third-order valence-electron chi connectivity index (χ3n) is 9.07. The molecule has 0 bridgehead atoms. The van der Waals surface area contributed by atoms with Crippen molar-refractivity contribution in [1.82, 2.24) is 24.3 Å². The predicted octanol–water partition coefficient (Wildman–Crippen LogP) is 6.37. The minimum Gasteiger partial charge on any atom is -0.497 e. The summed E-state index contributed by atoms with van der Waals surface area (Å²) in [6.07, 6.45) is -0.353. The van der Waals surface area contributed by atoms with E-state index >= 15 is 13.2 Å². The fraction of sp³-hybridized carbons (Fsp3) is 0.361. The van der Waals surface area contributed by atoms with Gasteiger partial charge in [0.15, 0.2) is 28.8 Å². The number of methoxy groups -OCH3 is 1. The van der Waals surface area contributed by atoms with Crippen LogP contribution in [0.4, 0.5) is 26.3 Å². The molecule has 52 heavy (non-hydrogen) atoms. The summed E-state index contributed by atoms with van der Waals surface area (Å²) in [5.74, 6) is -5.02. The van der Waals surface area contributed by atoms with Gasteiger partial charge in [-0.1, -0.05) is 12.1 Å². The van der Waals surface area contributed by atoms with Gasteiger partial charge in [-0.2, -0.15) is 18.3 Å². The second-order valence-electron chi connectivity index (χ2n) is 13.2. The number of aromatic nitrogens is 5. The van der Waals surface area contributed by atoms with Crippen molar-refractivity contribution in [1.29, 1.82) is 0 Å².